The van der Waals surface area contributed by atoms with Crippen molar-refractivity contribution >= 4 is 44.6 Å². The molecule has 10 heteroatoms. The van der Waals surface area contributed by atoms with Crippen molar-refractivity contribution in [3.63, 3.8) is 0 Å². The predicted octanol–water partition coefficient (Wildman–Crippen LogP) is 3.67. The second-order valence-electron chi connectivity index (χ2n) is 7.57. The lowest BCUT2D eigenvalue weighted by Gasteiger charge is -2.13. The third-order valence-electron chi connectivity index (χ3n) is 5.04. The maximum Gasteiger partial charge on any atom is 0.349 e. The molecule has 0 aliphatic heterocycles. The number of hydrogen-bond donors (Lipinski definition) is 2. The molecule has 0 aliphatic carbocycles. The molecule has 0 radical (unpaired) electrons. The minimum atomic E-state index is -0.657. The van der Waals surface area contributed by atoms with E-state index in [2.05, 4.69) is 31.3 Å². The second-order valence-corrected chi connectivity index (χ2v) is 8.43. The van der Waals surface area contributed by atoms with Crippen molar-refractivity contribution in [1.82, 2.24) is 9.66 Å². The van der Waals surface area contributed by atoms with Gasteiger partial charge in [-0.3, -0.25) is 9.59 Å². The van der Waals surface area contributed by atoms with Gasteiger partial charge in [-0.1, -0.05) is 29.8 Å². The van der Waals surface area contributed by atoms with Gasteiger partial charge in [0.1, 0.15) is 0 Å². The van der Waals surface area contributed by atoms with E-state index in [1.165, 1.54) is 13.3 Å². The summed E-state index contributed by atoms with van der Waals surface area (Å²) in [6, 6.07) is 17.4. The number of para-hydroxylation sites is 1. The molecule has 35 heavy (non-hydrogen) atoms. The second kappa shape index (κ2) is 10.4. The van der Waals surface area contributed by atoms with Crippen molar-refractivity contribution in [2.45, 2.75) is 6.92 Å². The number of H-pyrrole nitrogens is 1. The van der Waals surface area contributed by atoms with Gasteiger partial charge in [-0.25, -0.2) is 4.79 Å². The van der Waals surface area contributed by atoms with Crippen LogP contribution < -0.4 is 26.0 Å². The predicted molar refractivity (Wildman–Crippen MR) is 138 cm³/mol. The molecule has 0 saturated heterocycles. The Morgan fingerprint density at radius 3 is 2.63 bits per heavy atom. The highest BCUT2D eigenvalue weighted by Crippen LogP contribution is 2.36. The number of anilines is 1. The highest BCUT2D eigenvalue weighted by molar-refractivity contribution is 9.10. The lowest BCUT2D eigenvalue weighted by atomic mass is 10.2. The zero-order chi connectivity index (χ0) is 24.9. The van der Waals surface area contributed by atoms with Crippen LogP contribution in [0, 0.1) is 6.92 Å². The number of ether oxygens (including phenoxy) is 2. The van der Waals surface area contributed by atoms with E-state index in [-0.39, 0.29) is 12.5 Å². The van der Waals surface area contributed by atoms with Crippen molar-refractivity contribution in [2.24, 2.45) is 5.10 Å². The van der Waals surface area contributed by atoms with Gasteiger partial charge in [-0.15, -0.1) is 4.68 Å². The summed E-state index contributed by atoms with van der Waals surface area (Å²) >= 11 is 3.42. The van der Waals surface area contributed by atoms with E-state index in [0.29, 0.717) is 38.1 Å². The lowest BCUT2D eigenvalue weighted by Crippen LogP contribution is -2.32. The largest absolute Gasteiger partial charge is 0.493 e. The minimum absolute atomic E-state index is 0.238. The Morgan fingerprint density at radius 2 is 1.89 bits per heavy atom. The van der Waals surface area contributed by atoms with Gasteiger partial charge < -0.3 is 19.8 Å². The average molecular weight is 537 g/mol. The van der Waals surface area contributed by atoms with Crippen molar-refractivity contribution in [2.75, 3.05) is 19.0 Å². The summed E-state index contributed by atoms with van der Waals surface area (Å²) in [4.78, 5) is 39.9. The van der Waals surface area contributed by atoms with Gasteiger partial charge in [-0.2, -0.15) is 5.10 Å². The smallest absolute Gasteiger partial charge is 0.349 e. The first-order chi connectivity index (χ1) is 16.9. The summed E-state index contributed by atoms with van der Waals surface area (Å²) in [6.07, 6.45) is 1.35. The number of carbonyl (C=O) groups is 1. The fourth-order valence-electron chi connectivity index (χ4n) is 3.31. The van der Waals surface area contributed by atoms with E-state index >= 15 is 0 Å². The van der Waals surface area contributed by atoms with Gasteiger partial charge in [0.15, 0.2) is 18.1 Å². The van der Waals surface area contributed by atoms with Crippen LogP contribution in [0.2, 0.25) is 0 Å². The van der Waals surface area contributed by atoms with E-state index < -0.39 is 11.2 Å². The van der Waals surface area contributed by atoms with Crippen molar-refractivity contribution < 1.29 is 14.3 Å². The Labute approximate surface area is 208 Å². The Balaban J connectivity index is 1.53. The molecule has 2 N–H and O–H groups in total. The molecule has 0 unspecified atom stereocenters. The maximum atomic E-state index is 12.6. The fraction of sp³-hybridized carbons (Fsp3) is 0.120. The first kappa shape index (κ1) is 24.0. The van der Waals surface area contributed by atoms with Gasteiger partial charge in [0.05, 0.1) is 28.7 Å². The SMILES string of the molecule is COc1cc(C=Nn2c(=O)[nH]c3ccccc3c2=O)cc(Br)c1OCC(=O)Nc1ccc(C)cc1. The van der Waals surface area contributed by atoms with Crippen molar-refractivity contribution in [3.05, 3.63) is 97.1 Å². The number of halogens is 1. The third kappa shape index (κ3) is 5.49. The summed E-state index contributed by atoms with van der Waals surface area (Å²) in [5, 5.41) is 7.16. The van der Waals surface area contributed by atoms with E-state index in [9.17, 15) is 14.4 Å². The summed E-state index contributed by atoms with van der Waals surface area (Å²) in [5.41, 5.74) is 1.53. The van der Waals surface area contributed by atoms with Crippen molar-refractivity contribution in [1.29, 1.82) is 0 Å². The van der Waals surface area contributed by atoms with Crippen LogP contribution in [0.25, 0.3) is 10.9 Å². The number of methoxy groups -OCH3 is 1. The Kier molecular flexibility index (Phi) is 7.11. The molecule has 178 valence electrons. The molecule has 0 aliphatic rings. The fourth-order valence-corrected chi connectivity index (χ4v) is 3.88. The summed E-state index contributed by atoms with van der Waals surface area (Å²) in [6.45, 7) is 1.73. The molecular formula is C25H21BrN4O5. The van der Waals surface area contributed by atoms with Gasteiger partial charge in [0.2, 0.25) is 0 Å². The van der Waals surface area contributed by atoms with Gasteiger partial charge >= 0.3 is 5.69 Å². The normalized spacial score (nSPS) is 11.1. The molecule has 0 saturated carbocycles. The van der Waals surface area contributed by atoms with Crippen LogP contribution in [0.3, 0.4) is 0 Å². The zero-order valence-corrected chi connectivity index (χ0v) is 20.5. The summed E-state index contributed by atoms with van der Waals surface area (Å²) < 4.78 is 12.3. The van der Waals surface area contributed by atoms with Gasteiger partial charge in [0.25, 0.3) is 11.5 Å². The van der Waals surface area contributed by atoms with Crippen LogP contribution in [0.5, 0.6) is 11.5 Å². The van der Waals surface area contributed by atoms with Gasteiger partial charge in [-0.05, 0) is 64.8 Å². The summed E-state index contributed by atoms with van der Waals surface area (Å²) in [5.74, 6) is 0.330. The molecular weight excluding hydrogens is 516 g/mol. The number of hydrogen-bond acceptors (Lipinski definition) is 6. The highest BCUT2D eigenvalue weighted by atomic mass is 79.9. The van der Waals surface area contributed by atoms with E-state index in [1.54, 1.807) is 36.4 Å². The Morgan fingerprint density at radius 1 is 1.14 bits per heavy atom. The molecule has 0 fully saturated rings. The molecule has 9 nitrogen and oxygen atoms in total. The van der Waals surface area contributed by atoms with Crippen LogP contribution in [-0.4, -0.2) is 35.5 Å². The Hall–Kier alpha value is -4.18. The molecule has 3 aromatic carbocycles. The topological polar surface area (TPSA) is 115 Å². The number of nitrogens with zero attached hydrogens (tertiary/aromatic N) is 2. The zero-order valence-electron chi connectivity index (χ0n) is 18.9. The molecule has 0 bridgehead atoms. The molecule has 1 amide bonds. The number of aromatic nitrogens is 2. The molecule has 1 heterocycles. The number of carbonyl (C=O) groups excluding carboxylic acids is 1. The van der Waals surface area contributed by atoms with Crippen LogP contribution in [-0.2, 0) is 4.79 Å². The lowest BCUT2D eigenvalue weighted by molar-refractivity contribution is -0.118. The van der Waals surface area contributed by atoms with Crippen LogP contribution in [0.4, 0.5) is 5.69 Å². The quantitative estimate of drug-likeness (QED) is 0.349. The molecule has 4 rings (SSSR count). The molecule has 1 aromatic heterocycles. The maximum absolute atomic E-state index is 12.6. The standard InChI is InChI=1S/C25H21BrN4O5/c1-15-7-9-17(10-8-15)28-22(31)14-35-23-19(26)11-16(12-21(23)34-2)13-27-30-24(32)18-5-3-4-6-20(18)29-25(30)33/h3-13H,14H2,1-2H3,(H,28,31)(H,29,33). The average Bonchev–Trinajstić information content (AvgIpc) is 2.84. The number of rotatable bonds is 7. The van der Waals surface area contributed by atoms with E-state index in [1.807, 2.05) is 31.2 Å². The number of amides is 1. The monoisotopic (exact) mass is 536 g/mol. The van der Waals surface area contributed by atoms with Crippen LogP contribution in [0.1, 0.15) is 11.1 Å². The van der Waals surface area contributed by atoms with E-state index in [0.717, 1.165) is 10.2 Å². The van der Waals surface area contributed by atoms with Crippen molar-refractivity contribution in [3.8, 4) is 11.5 Å². The first-order valence-corrected chi connectivity index (χ1v) is 11.3. The first-order valence-electron chi connectivity index (χ1n) is 10.5. The number of aryl methyl sites for hydroxylation is 1. The minimum Gasteiger partial charge on any atom is -0.493 e. The number of nitrogens with one attached hydrogen (secondary N) is 2. The molecule has 0 spiro atoms. The Bertz CT molecular complexity index is 1540. The molecule has 0 atom stereocenters. The van der Waals surface area contributed by atoms with Crippen LogP contribution >= 0.6 is 15.9 Å². The molecule has 4 aromatic rings. The number of aromatic amines is 1. The summed E-state index contributed by atoms with van der Waals surface area (Å²) in [7, 11) is 1.46. The third-order valence-corrected chi connectivity index (χ3v) is 5.63. The number of fused-ring (bicyclic) bond motifs is 1. The number of benzene rings is 3. The van der Waals surface area contributed by atoms with E-state index in [4.69, 9.17) is 9.47 Å². The van der Waals surface area contributed by atoms with Crippen LogP contribution in [0.15, 0.2) is 79.8 Å². The highest BCUT2D eigenvalue weighted by Gasteiger charge is 2.14. The van der Waals surface area contributed by atoms with Gasteiger partial charge in [0, 0.05) is 5.69 Å².